The number of benzene rings is 2. The van der Waals surface area contributed by atoms with Gasteiger partial charge in [-0.3, -0.25) is 4.79 Å². The van der Waals surface area contributed by atoms with Gasteiger partial charge in [-0.15, -0.1) is 11.6 Å². The van der Waals surface area contributed by atoms with Gasteiger partial charge < -0.3 is 9.47 Å². The molecule has 2 aromatic carbocycles. The van der Waals surface area contributed by atoms with Gasteiger partial charge in [-0.05, 0) is 35.6 Å². The fourth-order valence-electron chi connectivity index (χ4n) is 3.78. The minimum atomic E-state index is -0.313. The average molecular weight is 494 g/mol. The van der Waals surface area contributed by atoms with Crippen molar-refractivity contribution in [3.8, 4) is 11.5 Å². The van der Waals surface area contributed by atoms with Crippen molar-refractivity contribution in [3.63, 3.8) is 0 Å². The van der Waals surface area contributed by atoms with Gasteiger partial charge in [0.05, 0.1) is 26.0 Å². The first-order chi connectivity index (χ1) is 14.4. The molecule has 160 valence electrons. The number of hydrazone groups is 1. The van der Waals surface area contributed by atoms with Gasteiger partial charge in [0.1, 0.15) is 5.88 Å². The number of amides is 1. The largest absolute Gasteiger partial charge is 0.493 e. The van der Waals surface area contributed by atoms with Gasteiger partial charge in [-0.2, -0.15) is 5.10 Å². The fraction of sp³-hybridized carbons (Fsp3) is 0.391. The molecule has 0 aromatic heterocycles. The van der Waals surface area contributed by atoms with Crippen molar-refractivity contribution >= 4 is 39.1 Å². The molecule has 1 aliphatic heterocycles. The van der Waals surface area contributed by atoms with Gasteiger partial charge in [-0.1, -0.05) is 54.0 Å². The van der Waals surface area contributed by atoms with Gasteiger partial charge in [-0.25, -0.2) is 5.01 Å². The number of ether oxygens (including phenoxy) is 2. The van der Waals surface area contributed by atoms with E-state index in [0.717, 1.165) is 33.3 Å². The molecule has 0 bridgehead atoms. The molecule has 1 aliphatic rings. The highest BCUT2D eigenvalue weighted by atomic mass is 79.9. The number of hydrogen-bond acceptors (Lipinski definition) is 4. The second-order valence-corrected chi connectivity index (χ2v) is 8.81. The van der Waals surface area contributed by atoms with Gasteiger partial charge in [0, 0.05) is 16.5 Å². The Morgan fingerprint density at radius 2 is 1.83 bits per heavy atom. The van der Waals surface area contributed by atoms with E-state index in [1.54, 1.807) is 14.2 Å². The minimum absolute atomic E-state index is 0.140. The lowest BCUT2D eigenvalue weighted by Gasteiger charge is -2.25. The molecule has 7 heteroatoms. The number of alkyl halides is 1. The van der Waals surface area contributed by atoms with Crippen LogP contribution in [0.5, 0.6) is 11.5 Å². The van der Waals surface area contributed by atoms with E-state index in [2.05, 4.69) is 40.9 Å². The highest BCUT2D eigenvalue weighted by Gasteiger charge is 2.35. The predicted molar refractivity (Wildman–Crippen MR) is 124 cm³/mol. The summed E-state index contributed by atoms with van der Waals surface area (Å²) in [4.78, 5) is 12.6. The third-order valence-corrected chi connectivity index (χ3v) is 5.83. The summed E-state index contributed by atoms with van der Waals surface area (Å²) in [5.74, 6) is 1.43. The Labute approximate surface area is 191 Å². The number of methoxy groups -OCH3 is 2. The third kappa shape index (κ3) is 4.65. The standard InChI is InChI=1S/C23H26BrClN2O3/c1-14(2)11-16-7-10-18(23(30-4)22(16)29-3)20-12-19(26-27(20)21(28)13-25)15-5-8-17(24)9-6-15/h5-10,14,20H,11-13H2,1-4H3. The Morgan fingerprint density at radius 3 is 2.40 bits per heavy atom. The van der Waals surface area contributed by atoms with Crippen LogP contribution in [0.3, 0.4) is 0 Å². The van der Waals surface area contributed by atoms with E-state index in [4.69, 9.17) is 21.1 Å². The number of rotatable bonds is 7. The summed E-state index contributed by atoms with van der Waals surface area (Å²) in [5.41, 5.74) is 3.74. The molecular weight excluding hydrogens is 468 g/mol. The second kappa shape index (κ2) is 9.84. The van der Waals surface area contributed by atoms with Crippen LogP contribution in [0.25, 0.3) is 0 Å². The van der Waals surface area contributed by atoms with Crippen molar-refractivity contribution in [1.29, 1.82) is 0 Å². The molecule has 0 aliphatic carbocycles. The van der Waals surface area contributed by atoms with Crippen LogP contribution in [0, 0.1) is 5.92 Å². The topological polar surface area (TPSA) is 51.1 Å². The molecule has 5 nitrogen and oxygen atoms in total. The van der Waals surface area contributed by atoms with E-state index >= 15 is 0 Å². The van der Waals surface area contributed by atoms with Crippen molar-refractivity contribution in [2.24, 2.45) is 11.0 Å². The highest BCUT2D eigenvalue weighted by Crippen LogP contribution is 2.44. The van der Waals surface area contributed by atoms with E-state index in [0.29, 0.717) is 23.8 Å². The van der Waals surface area contributed by atoms with Crippen LogP contribution in [0.1, 0.15) is 43.0 Å². The molecule has 1 unspecified atom stereocenters. The maximum absolute atomic E-state index is 12.6. The lowest BCUT2D eigenvalue weighted by molar-refractivity contribution is -0.130. The zero-order chi connectivity index (χ0) is 21.8. The van der Waals surface area contributed by atoms with Crippen LogP contribution in [-0.2, 0) is 11.2 Å². The van der Waals surface area contributed by atoms with Gasteiger partial charge in [0.2, 0.25) is 0 Å². The van der Waals surface area contributed by atoms with E-state index in [1.807, 2.05) is 30.3 Å². The zero-order valence-corrected chi connectivity index (χ0v) is 20.0. The smallest absolute Gasteiger partial charge is 0.258 e. The third-order valence-electron chi connectivity index (χ3n) is 5.08. The number of hydrogen-bond donors (Lipinski definition) is 0. The molecular formula is C23H26BrClN2O3. The van der Waals surface area contributed by atoms with Crippen LogP contribution in [0.15, 0.2) is 46.0 Å². The van der Waals surface area contributed by atoms with E-state index < -0.39 is 0 Å². The molecule has 0 spiro atoms. The number of nitrogens with zero attached hydrogens (tertiary/aromatic N) is 2. The summed E-state index contributed by atoms with van der Waals surface area (Å²) in [7, 11) is 3.27. The van der Waals surface area contributed by atoms with Crippen molar-refractivity contribution in [3.05, 3.63) is 57.6 Å². The Kier molecular flexibility index (Phi) is 7.42. The number of carbonyl (C=O) groups is 1. The van der Waals surface area contributed by atoms with E-state index in [1.165, 1.54) is 5.01 Å². The first-order valence-corrected chi connectivity index (χ1v) is 11.2. The summed E-state index contributed by atoms with van der Waals surface area (Å²) < 4.78 is 12.5. The van der Waals surface area contributed by atoms with Crippen LogP contribution < -0.4 is 9.47 Å². The Hall–Kier alpha value is -2.05. The first-order valence-electron chi connectivity index (χ1n) is 9.84. The van der Waals surface area contributed by atoms with Crippen molar-refractivity contribution < 1.29 is 14.3 Å². The van der Waals surface area contributed by atoms with E-state index in [9.17, 15) is 4.79 Å². The average Bonchev–Trinajstić information content (AvgIpc) is 3.18. The zero-order valence-electron chi connectivity index (χ0n) is 17.6. The molecule has 1 heterocycles. The molecule has 1 amide bonds. The molecule has 0 N–H and O–H groups in total. The van der Waals surface area contributed by atoms with Crippen LogP contribution in [0.2, 0.25) is 0 Å². The van der Waals surface area contributed by atoms with Gasteiger partial charge in [0.25, 0.3) is 5.91 Å². The monoisotopic (exact) mass is 492 g/mol. The molecule has 3 rings (SSSR count). The highest BCUT2D eigenvalue weighted by molar-refractivity contribution is 9.10. The minimum Gasteiger partial charge on any atom is -0.493 e. The van der Waals surface area contributed by atoms with Crippen molar-refractivity contribution in [2.45, 2.75) is 32.7 Å². The van der Waals surface area contributed by atoms with E-state index in [-0.39, 0.29) is 17.8 Å². The number of halogens is 2. The Bertz CT molecular complexity index is 944. The lowest BCUT2D eigenvalue weighted by atomic mass is 9.94. The number of carbonyl (C=O) groups excluding carboxylic acids is 1. The molecule has 0 saturated carbocycles. The summed E-state index contributed by atoms with van der Waals surface area (Å²) in [5, 5.41) is 6.10. The van der Waals surface area contributed by atoms with Crippen LogP contribution in [-0.4, -0.2) is 36.7 Å². The Morgan fingerprint density at radius 1 is 1.17 bits per heavy atom. The lowest BCUT2D eigenvalue weighted by Crippen LogP contribution is -2.28. The first kappa shape index (κ1) is 22.6. The SMILES string of the molecule is COc1c(CC(C)C)ccc(C2CC(c3ccc(Br)cc3)=NN2C(=O)CCl)c1OC. The van der Waals surface area contributed by atoms with Crippen molar-refractivity contribution in [2.75, 3.05) is 20.1 Å². The summed E-state index contributed by atoms with van der Waals surface area (Å²) >= 11 is 9.35. The Balaban J connectivity index is 2.04. The van der Waals surface area contributed by atoms with Gasteiger partial charge >= 0.3 is 0 Å². The molecule has 0 saturated heterocycles. The molecule has 0 radical (unpaired) electrons. The fourth-order valence-corrected chi connectivity index (χ4v) is 4.16. The van der Waals surface area contributed by atoms with Crippen LogP contribution >= 0.6 is 27.5 Å². The maximum Gasteiger partial charge on any atom is 0.258 e. The molecule has 0 fully saturated rings. The second-order valence-electron chi connectivity index (χ2n) is 7.62. The summed E-state index contributed by atoms with van der Waals surface area (Å²) in [6.45, 7) is 4.33. The van der Waals surface area contributed by atoms with Gasteiger partial charge in [0.15, 0.2) is 11.5 Å². The quantitative estimate of drug-likeness (QED) is 0.473. The molecule has 2 aromatic rings. The van der Waals surface area contributed by atoms with Crippen LogP contribution in [0.4, 0.5) is 0 Å². The molecule has 1 atom stereocenters. The summed E-state index contributed by atoms with van der Waals surface area (Å²) in [6, 6.07) is 11.6. The predicted octanol–water partition coefficient (Wildman–Crippen LogP) is 5.58. The summed E-state index contributed by atoms with van der Waals surface area (Å²) in [6.07, 6.45) is 1.43. The maximum atomic E-state index is 12.6. The normalized spacial score (nSPS) is 16.0. The molecule has 30 heavy (non-hydrogen) atoms. The van der Waals surface area contributed by atoms with Crippen molar-refractivity contribution in [1.82, 2.24) is 5.01 Å².